The molecule has 6 heteroatoms. The minimum absolute atomic E-state index is 0.655. The van der Waals surface area contributed by atoms with Crippen LogP contribution in [0.15, 0.2) is 0 Å². The third-order valence-corrected chi connectivity index (χ3v) is 8.21. The molecule has 2 unspecified atom stereocenters. The van der Waals surface area contributed by atoms with Gasteiger partial charge in [-0.25, -0.2) is 0 Å². The van der Waals surface area contributed by atoms with E-state index in [4.69, 9.17) is 0 Å². The molecule has 0 aliphatic rings. The maximum absolute atomic E-state index is 4.46. The quantitative estimate of drug-likeness (QED) is 0.359. The van der Waals surface area contributed by atoms with Crippen LogP contribution in [-0.2, 0) is 0 Å². The van der Waals surface area contributed by atoms with E-state index in [0.717, 1.165) is 23.0 Å². The Balaban J connectivity index is 3.77. The third kappa shape index (κ3) is 11.6. The average Bonchev–Trinajstić information content (AvgIpc) is 2.36. The molecule has 0 rings (SSSR count). The summed E-state index contributed by atoms with van der Waals surface area (Å²) in [6.45, 7) is 2.24. The van der Waals surface area contributed by atoms with E-state index >= 15 is 0 Å². The summed E-state index contributed by atoms with van der Waals surface area (Å²) in [5.74, 6) is 7.74. The van der Waals surface area contributed by atoms with Gasteiger partial charge >= 0.3 is 0 Å². The summed E-state index contributed by atoms with van der Waals surface area (Å²) in [4.78, 5) is 0. The fraction of sp³-hybridized carbons (Fsp3) is 1.00. The van der Waals surface area contributed by atoms with Crippen LogP contribution in [0.2, 0.25) is 0 Å². The lowest BCUT2D eigenvalue weighted by molar-refractivity contribution is 1.07. The molecule has 0 bridgehead atoms. The number of hydrogen-bond donors (Lipinski definition) is 3. The van der Waals surface area contributed by atoms with Gasteiger partial charge in [0.25, 0.3) is 0 Å². The van der Waals surface area contributed by atoms with E-state index in [1.807, 2.05) is 11.8 Å². The summed E-state index contributed by atoms with van der Waals surface area (Å²) < 4.78 is 0. The molecule has 2 atom stereocenters. The van der Waals surface area contributed by atoms with Crippen LogP contribution in [0.1, 0.15) is 13.3 Å². The third-order valence-electron chi connectivity index (χ3n) is 1.98. The van der Waals surface area contributed by atoms with E-state index in [9.17, 15) is 0 Å². The highest BCUT2D eigenvalue weighted by molar-refractivity contribution is 8.06. The van der Waals surface area contributed by atoms with Gasteiger partial charge in [0.1, 0.15) is 0 Å². The Morgan fingerprint density at radius 1 is 0.882 bits per heavy atom. The first kappa shape index (κ1) is 19.1. The topological polar surface area (TPSA) is 0 Å². The minimum atomic E-state index is 0.655. The van der Waals surface area contributed by atoms with Gasteiger partial charge in [0, 0.05) is 39.3 Å². The normalized spacial score (nSPS) is 14.8. The van der Waals surface area contributed by atoms with Gasteiger partial charge in [-0.3, -0.25) is 0 Å². The molecule has 0 aromatic heterocycles. The summed E-state index contributed by atoms with van der Waals surface area (Å²) in [5.41, 5.74) is 0. The maximum Gasteiger partial charge on any atom is 0.0229 e. The number of thioether (sulfide) groups is 3. The Bertz CT molecular complexity index is 139. The first-order valence-electron chi connectivity index (χ1n) is 5.91. The van der Waals surface area contributed by atoms with Crippen molar-refractivity contribution in [3.8, 4) is 0 Å². The monoisotopic (exact) mass is 348 g/mol. The average molecular weight is 349 g/mol. The second-order valence-electron chi connectivity index (χ2n) is 3.62. The molecule has 0 amide bonds. The Morgan fingerprint density at radius 3 is 1.82 bits per heavy atom. The van der Waals surface area contributed by atoms with Gasteiger partial charge in [-0.2, -0.15) is 73.2 Å². The van der Waals surface area contributed by atoms with Crippen molar-refractivity contribution in [3.63, 3.8) is 0 Å². The molecule has 0 fully saturated rings. The maximum atomic E-state index is 4.46. The predicted octanol–water partition coefficient (Wildman–Crippen LogP) is 4.12. The van der Waals surface area contributed by atoms with E-state index in [-0.39, 0.29) is 0 Å². The molecular weight excluding hydrogens is 325 g/mol. The van der Waals surface area contributed by atoms with Gasteiger partial charge in [0.2, 0.25) is 0 Å². The summed E-state index contributed by atoms with van der Waals surface area (Å²) in [6.07, 6.45) is 1.27. The molecule has 0 aromatic carbocycles. The van der Waals surface area contributed by atoms with Crippen LogP contribution in [0.4, 0.5) is 0 Å². The first-order chi connectivity index (χ1) is 8.28. The smallest absolute Gasteiger partial charge is 0.0229 e. The van der Waals surface area contributed by atoms with Crippen LogP contribution in [0.5, 0.6) is 0 Å². The molecule has 104 valence electrons. The standard InChI is InChI=1S/C11H24S6/c1-2-4-15-8-10(6-13)17-11(7-14)9-16-5-3-12/h10-14H,2-9H2,1H3. The van der Waals surface area contributed by atoms with Crippen LogP contribution in [0.3, 0.4) is 0 Å². The highest BCUT2D eigenvalue weighted by Gasteiger charge is 2.15. The van der Waals surface area contributed by atoms with Gasteiger partial charge in [-0.1, -0.05) is 6.92 Å². The minimum Gasteiger partial charge on any atom is -0.179 e. The molecule has 0 aromatic rings. The summed E-state index contributed by atoms with van der Waals surface area (Å²) >= 11 is 19.3. The molecule has 0 radical (unpaired) electrons. The molecule has 0 aliphatic carbocycles. The zero-order valence-electron chi connectivity index (χ0n) is 10.4. The van der Waals surface area contributed by atoms with Crippen molar-refractivity contribution in [1.29, 1.82) is 0 Å². The van der Waals surface area contributed by atoms with Gasteiger partial charge in [0.05, 0.1) is 0 Å². The van der Waals surface area contributed by atoms with Crippen molar-refractivity contribution in [1.82, 2.24) is 0 Å². The van der Waals surface area contributed by atoms with E-state index in [0.29, 0.717) is 10.5 Å². The molecule has 0 aliphatic heterocycles. The van der Waals surface area contributed by atoms with Gasteiger partial charge in [-0.15, -0.1) is 0 Å². The highest BCUT2D eigenvalue weighted by Crippen LogP contribution is 2.26. The fourth-order valence-corrected chi connectivity index (χ4v) is 6.13. The largest absolute Gasteiger partial charge is 0.179 e. The molecule has 17 heavy (non-hydrogen) atoms. The zero-order valence-corrected chi connectivity index (χ0v) is 15.5. The van der Waals surface area contributed by atoms with Gasteiger partial charge in [0.15, 0.2) is 0 Å². The number of rotatable bonds is 12. The Labute approximate surface area is 136 Å². The molecular formula is C11H24S6. The fourth-order valence-electron chi connectivity index (χ4n) is 1.18. The molecule has 0 saturated heterocycles. The summed E-state index contributed by atoms with van der Waals surface area (Å²) in [6, 6.07) is 0. The first-order valence-corrected chi connectivity index (χ1v) is 11.1. The second kappa shape index (κ2) is 14.5. The highest BCUT2D eigenvalue weighted by atomic mass is 32.2. The van der Waals surface area contributed by atoms with Crippen molar-refractivity contribution in [2.75, 3.05) is 40.3 Å². The van der Waals surface area contributed by atoms with Crippen LogP contribution in [-0.4, -0.2) is 50.8 Å². The second-order valence-corrected chi connectivity index (χ2v) is 8.70. The van der Waals surface area contributed by atoms with E-state index in [1.54, 1.807) is 0 Å². The van der Waals surface area contributed by atoms with Crippen molar-refractivity contribution >= 4 is 73.2 Å². The number of hydrogen-bond acceptors (Lipinski definition) is 6. The predicted molar refractivity (Wildman–Crippen MR) is 102 cm³/mol. The van der Waals surface area contributed by atoms with Crippen LogP contribution in [0.25, 0.3) is 0 Å². The Hall–Kier alpha value is 2.10. The number of thiol groups is 3. The van der Waals surface area contributed by atoms with E-state index < -0.39 is 0 Å². The van der Waals surface area contributed by atoms with Crippen molar-refractivity contribution in [2.24, 2.45) is 0 Å². The van der Waals surface area contributed by atoms with Crippen LogP contribution < -0.4 is 0 Å². The van der Waals surface area contributed by atoms with Crippen molar-refractivity contribution in [2.45, 2.75) is 23.8 Å². The molecule has 0 nitrogen and oxygen atoms in total. The molecule has 0 N–H and O–H groups in total. The van der Waals surface area contributed by atoms with E-state index in [2.05, 4.69) is 68.3 Å². The SMILES string of the molecule is CCCSCC(CS)SC(CS)CSCCS. The van der Waals surface area contributed by atoms with Crippen LogP contribution in [0, 0.1) is 0 Å². The molecule has 0 saturated carbocycles. The lowest BCUT2D eigenvalue weighted by Gasteiger charge is -2.20. The molecule has 0 heterocycles. The van der Waals surface area contributed by atoms with E-state index in [1.165, 1.54) is 23.7 Å². The van der Waals surface area contributed by atoms with Crippen molar-refractivity contribution < 1.29 is 0 Å². The van der Waals surface area contributed by atoms with Gasteiger partial charge in [-0.05, 0) is 17.9 Å². The van der Waals surface area contributed by atoms with Crippen molar-refractivity contribution in [3.05, 3.63) is 0 Å². The summed E-state index contributed by atoms with van der Waals surface area (Å²) in [7, 11) is 0. The zero-order chi connectivity index (χ0) is 12.9. The molecule has 0 spiro atoms. The Morgan fingerprint density at radius 2 is 1.41 bits per heavy atom. The van der Waals surface area contributed by atoms with Crippen LogP contribution >= 0.6 is 73.2 Å². The summed E-state index contributed by atoms with van der Waals surface area (Å²) in [5, 5.41) is 1.33. The van der Waals surface area contributed by atoms with Gasteiger partial charge < -0.3 is 0 Å². The Kier molecular flexibility index (Phi) is 16.3. The lowest BCUT2D eigenvalue weighted by atomic mass is 10.5. The lowest BCUT2D eigenvalue weighted by Crippen LogP contribution is -2.18.